The van der Waals surface area contributed by atoms with Crippen molar-refractivity contribution < 1.29 is 9.47 Å². The van der Waals surface area contributed by atoms with E-state index in [9.17, 15) is 0 Å². The van der Waals surface area contributed by atoms with Crippen molar-refractivity contribution >= 4 is 5.96 Å². The second-order valence-corrected chi connectivity index (χ2v) is 7.00. The van der Waals surface area contributed by atoms with Gasteiger partial charge in [-0.1, -0.05) is 0 Å². The first-order valence-electron chi connectivity index (χ1n) is 9.88. The Morgan fingerprint density at radius 2 is 2.35 bits per heavy atom. The molecule has 1 saturated heterocycles. The third-order valence-electron chi connectivity index (χ3n) is 4.73. The molecular formula is C18H32N6O2. The summed E-state index contributed by atoms with van der Waals surface area (Å²) in [5.41, 5.74) is 0. The number of aromatic nitrogens is 3. The van der Waals surface area contributed by atoms with Crippen LogP contribution < -0.4 is 10.6 Å². The van der Waals surface area contributed by atoms with Crippen molar-refractivity contribution in [1.82, 2.24) is 25.4 Å². The van der Waals surface area contributed by atoms with Gasteiger partial charge in [0, 0.05) is 38.8 Å². The number of hydrogen-bond donors (Lipinski definition) is 2. The molecule has 3 heterocycles. The maximum Gasteiger partial charge on any atom is 0.191 e. The molecule has 0 aliphatic carbocycles. The predicted molar refractivity (Wildman–Crippen MR) is 100 cm³/mol. The zero-order valence-corrected chi connectivity index (χ0v) is 16.0. The molecule has 0 spiro atoms. The first-order chi connectivity index (χ1) is 12.8. The minimum atomic E-state index is 0.168. The molecule has 0 saturated carbocycles. The molecule has 8 nitrogen and oxygen atoms in total. The Balaban J connectivity index is 1.43. The van der Waals surface area contributed by atoms with Crippen LogP contribution in [0.3, 0.4) is 0 Å². The van der Waals surface area contributed by atoms with Gasteiger partial charge < -0.3 is 20.1 Å². The summed E-state index contributed by atoms with van der Waals surface area (Å²) in [4.78, 5) is 9.27. The summed E-state index contributed by atoms with van der Waals surface area (Å²) in [5.74, 6) is 3.27. The smallest absolute Gasteiger partial charge is 0.191 e. The SMILES string of the molecule is CCNC(=NCCCOCC1CCOC1)NC1CCCn2nc(C)nc21. The molecule has 0 bridgehead atoms. The molecule has 2 N–H and O–H groups in total. The van der Waals surface area contributed by atoms with E-state index in [-0.39, 0.29) is 6.04 Å². The van der Waals surface area contributed by atoms with Crippen molar-refractivity contribution in [1.29, 1.82) is 0 Å². The van der Waals surface area contributed by atoms with E-state index in [1.54, 1.807) is 0 Å². The molecule has 2 aliphatic rings. The van der Waals surface area contributed by atoms with Crippen LogP contribution in [0.25, 0.3) is 0 Å². The van der Waals surface area contributed by atoms with E-state index in [4.69, 9.17) is 9.47 Å². The van der Waals surface area contributed by atoms with Crippen LogP contribution in [0.5, 0.6) is 0 Å². The van der Waals surface area contributed by atoms with Gasteiger partial charge in [-0.25, -0.2) is 9.67 Å². The second kappa shape index (κ2) is 9.87. The number of rotatable bonds is 8. The lowest BCUT2D eigenvalue weighted by Crippen LogP contribution is -2.41. The van der Waals surface area contributed by atoms with Crippen molar-refractivity contribution in [2.75, 3.05) is 39.5 Å². The molecule has 1 aromatic heterocycles. The Morgan fingerprint density at radius 3 is 3.15 bits per heavy atom. The Morgan fingerprint density at radius 1 is 1.42 bits per heavy atom. The molecule has 0 aromatic carbocycles. The van der Waals surface area contributed by atoms with Gasteiger partial charge in [0.1, 0.15) is 11.6 Å². The number of hydrogen-bond acceptors (Lipinski definition) is 5. The molecule has 0 radical (unpaired) electrons. The highest BCUT2D eigenvalue weighted by Crippen LogP contribution is 2.22. The molecule has 3 rings (SSSR count). The average Bonchev–Trinajstić information content (AvgIpc) is 3.27. The van der Waals surface area contributed by atoms with E-state index >= 15 is 0 Å². The van der Waals surface area contributed by atoms with Gasteiger partial charge in [0.05, 0.1) is 19.3 Å². The van der Waals surface area contributed by atoms with Gasteiger partial charge in [0.25, 0.3) is 0 Å². The summed E-state index contributed by atoms with van der Waals surface area (Å²) in [7, 11) is 0. The van der Waals surface area contributed by atoms with Crippen LogP contribution >= 0.6 is 0 Å². The molecule has 2 atom stereocenters. The molecule has 8 heteroatoms. The maximum atomic E-state index is 5.75. The first-order valence-corrected chi connectivity index (χ1v) is 9.88. The van der Waals surface area contributed by atoms with Gasteiger partial charge >= 0.3 is 0 Å². The molecule has 0 amide bonds. The van der Waals surface area contributed by atoms with Crippen LogP contribution in [0.2, 0.25) is 0 Å². The zero-order valence-electron chi connectivity index (χ0n) is 16.0. The highest BCUT2D eigenvalue weighted by atomic mass is 16.5. The Hall–Kier alpha value is -1.67. The summed E-state index contributed by atoms with van der Waals surface area (Å²) in [6, 6.07) is 0.168. The fraction of sp³-hybridized carbons (Fsp3) is 0.833. The lowest BCUT2D eigenvalue weighted by atomic mass is 10.1. The fourth-order valence-electron chi connectivity index (χ4n) is 3.41. The normalized spacial score (nSPS) is 23.1. The maximum absolute atomic E-state index is 5.75. The van der Waals surface area contributed by atoms with Crippen LogP contribution in [0, 0.1) is 12.8 Å². The standard InChI is InChI=1S/C18H32N6O2/c1-3-19-18(20-8-5-10-25-12-15-7-11-26-13-15)22-16-6-4-9-24-17(16)21-14(2)23-24/h15-16H,3-13H2,1-2H3,(H2,19,20,22). The van der Waals surface area contributed by atoms with Crippen molar-refractivity contribution in [2.24, 2.45) is 10.9 Å². The fourth-order valence-corrected chi connectivity index (χ4v) is 3.41. The van der Waals surface area contributed by atoms with E-state index < -0.39 is 0 Å². The van der Waals surface area contributed by atoms with Crippen molar-refractivity contribution in [3.8, 4) is 0 Å². The Kier molecular flexibility index (Phi) is 7.25. The number of nitrogens with zero attached hydrogens (tertiary/aromatic N) is 4. The molecule has 2 aliphatic heterocycles. The highest BCUT2D eigenvalue weighted by molar-refractivity contribution is 5.80. The van der Waals surface area contributed by atoms with Gasteiger partial charge in [-0.2, -0.15) is 5.10 Å². The third kappa shape index (κ3) is 5.41. The van der Waals surface area contributed by atoms with Crippen LogP contribution in [-0.2, 0) is 16.0 Å². The van der Waals surface area contributed by atoms with Crippen LogP contribution in [0.15, 0.2) is 4.99 Å². The van der Waals surface area contributed by atoms with E-state index in [0.29, 0.717) is 5.92 Å². The van der Waals surface area contributed by atoms with Gasteiger partial charge in [-0.3, -0.25) is 4.99 Å². The van der Waals surface area contributed by atoms with Gasteiger partial charge in [-0.05, 0) is 39.5 Å². The summed E-state index contributed by atoms with van der Waals surface area (Å²) in [6.45, 7) is 9.83. The molecule has 146 valence electrons. The molecule has 1 aromatic rings. The molecular weight excluding hydrogens is 332 g/mol. The summed E-state index contributed by atoms with van der Waals surface area (Å²) >= 11 is 0. The van der Waals surface area contributed by atoms with Crippen LogP contribution in [0.4, 0.5) is 0 Å². The topological polar surface area (TPSA) is 85.6 Å². The third-order valence-corrected chi connectivity index (χ3v) is 4.73. The van der Waals surface area contributed by atoms with Crippen molar-refractivity contribution in [3.63, 3.8) is 0 Å². The van der Waals surface area contributed by atoms with Crippen molar-refractivity contribution in [3.05, 3.63) is 11.6 Å². The van der Waals surface area contributed by atoms with Crippen LogP contribution in [0.1, 0.15) is 50.3 Å². The first kappa shape index (κ1) is 19.1. The molecule has 26 heavy (non-hydrogen) atoms. The summed E-state index contributed by atoms with van der Waals surface area (Å²) < 4.78 is 13.1. The van der Waals surface area contributed by atoms with Gasteiger partial charge in [0.15, 0.2) is 5.96 Å². The average molecular weight is 364 g/mol. The van der Waals surface area contributed by atoms with Gasteiger partial charge in [0.2, 0.25) is 0 Å². The monoisotopic (exact) mass is 364 g/mol. The number of nitrogens with one attached hydrogen (secondary N) is 2. The molecule has 1 fully saturated rings. The lowest BCUT2D eigenvalue weighted by Gasteiger charge is -2.25. The second-order valence-electron chi connectivity index (χ2n) is 7.00. The predicted octanol–water partition coefficient (Wildman–Crippen LogP) is 1.42. The lowest BCUT2D eigenvalue weighted by molar-refractivity contribution is 0.0893. The number of aryl methyl sites for hydroxylation is 2. The minimum Gasteiger partial charge on any atom is -0.381 e. The van der Waals surface area contributed by atoms with Crippen LogP contribution in [-0.4, -0.2) is 60.2 Å². The Bertz CT molecular complexity index is 582. The molecule has 2 unspecified atom stereocenters. The van der Waals surface area contributed by atoms with E-state index in [0.717, 1.165) is 89.4 Å². The zero-order chi connectivity index (χ0) is 18.2. The number of ether oxygens (including phenoxy) is 2. The van der Waals surface area contributed by atoms with Gasteiger partial charge in [-0.15, -0.1) is 0 Å². The largest absolute Gasteiger partial charge is 0.381 e. The van der Waals surface area contributed by atoms with E-state index in [1.165, 1.54) is 0 Å². The summed E-state index contributed by atoms with van der Waals surface area (Å²) in [6.07, 6.45) is 4.20. The van der Waals surface area contributed by atoms with E-state index in [1.807, 2.05) is 11.6 Å². The number of guanidine groups is 1. The quantitative estimate of drug-likeness (QED) is 0.412. The minimum absolute atomic E-state index is 0.168. The summed E-state index contributed by atoms with van der Waals surface area (Å²) in [5, 5.41) is 11.3. The Labute approximate surface area is 155 Å². The number of aliphatic imine (C=N–C) groups is 1. The van der Waals surface area contributed by atoms with Crippen molar-refractivity contribution in [2.45, 2.75) is 52.1 Å². The highest BCUT2D eigenvalue weighted by Gasteiger charge is 2.24. The number of fused-ring (bicyclic) bond motifs is 1. The van der Waals surface area contributed by atoms with E-state index in [2.05, 4.69) is 32.6 Å².